The summed E-state index contributed by atoms with van der Waals surface area (Å²) in [7, 11) is 1.73. The van der Waals surface area contributed by atoms with Crippen molar-refractivity contribution in [1.82, 2.24) is 5.32 Å². The lowest BCUT2D eigenvalue weighted by molar-refractivity contribution is -0.134. The zero-order valence-electron chi connectivity index (χ0n) is 19.6. The average Bonchev–Trinajstić information content (AvgIpc) is 2.74. The number of hydrogen-bond donors (Lipinski definition) is 1. The smallest absolute Gasteiger partial charge is 0.254 e. The van der Waals surface area contributed by atoms with E-state index >= 15 is 0 Å². The number of hydrogen-bond acceptors (Lipinski definition) is 4. The summed E-state index contributed by atoms with van der Waals surface area (Å²) < 4.78 is 17.0. The minimum atomic E-state index is -0.722. The van der Waals surface area contributed by atoms with Gasteiger partial charge in [-0.1, -0.05) is 35.7 Å². The van der Waals surface area contributed by atoms with Gasteiger partial charge in [0.05, 0.1) is 6.61 Å². The summed E-state index contributed by atoms with van der Waals surface area (Å²) >= 11 is 0. The lowest BCUT2D eigenvalue weighted by Gasteiger charge is -2.33. The molecule has 170 valence electrons. The number of carbonyl (C=O) groups is 1. The van der Waals surface area contributed by atoms with Crippen LogP contribution in [0.1, 0.15) is 63.7 Å². The highest BCUT2D eigenvalue weighted by molar-refractivity contribution is 5.82. The van der Waals surface area contributed by atoms with Crippen molar-refractivity contribution in [2.24, 2.45) is 5.92 Å². The molecule has 5 nitrogen and oxygen atoms in total. The van der Waals surface area contributed by atoms with Crippen molar-refractivity contribution in [2.45, 2.75) is 71.1 Å². The van der Waals surface area contributed by atoms with E-state index in [4.69, 9.17) is 20.6 Å². The molecule has 3 atom stereocenters. The third kappa shape index (κ3) is 7.72. The molecule has 0 saturated heterocycles. The molecule has 3 unspecified atom stereocenters. The fourth-order valence-corrected chi connectivity index (χ4v) is 3.92. The number of terminal acetylenes is 1. The van der Waals surface area contributed by atoms with E-state index in [1.807, 2.05) is 38.1 Å². The molecule has 0 spiro atoms. The summed E-state index contributed by atoms with van der Waals surface area (Å²) in [6.45, 7) is 8.84. The largest absolute Gasteiger partial charge is 0.496 e. The highest BCUT2D eigenvalue weighted by Gasteiger charge is 2.30. The van der Waals surface area contributed by atoms with Crippen LogP contribution in [0.25, 0.3) is 0 Å². The molecule has 1 aromatic carbocycles. The number of carbonyl (C=O) groups excluding carboxylic acids is 1. The predicted octanol–water partition coefficient (Wildman–Crippen LogP) is 4.71. The summed E-state index contributed by atoms with van der Waals surface area (Å²) in [5.74, 6) is 3.73. The van der Waals surface area contributed by atoms with Crippen LogP contribution in [0.3, 0.4) is 0 Å². The number of nitrogens with one attached hydrogen (secondary N) is 1. The van der Waals surface area contributed by atoms with Crippen molar-refractivity contribution < 1.29 is 19.0 Å². The van der Waals surface area contributed by atoms with Gasteiger partial charge in [0.1, 0.15) is 18.5 Å². The number of methoxy groups -OCH3 is 1. The van der Waals surface area contributed by atoms with Crippen LogP contribution in [0.5, 0.6) is 0 Å². The van der Waals surface area contributed by atoms with Crippen molar-refractivity contribution in [1.29, 1.82) is 0 Å². The molecule has 1 aromatic rings. The first-order valence-electron chi connectivity index (χ1n) is 11.1. The first kappa shape index (κ1) is 25.0. The quantitative estimate of drug-likeness (QED) is 0.520. The SMILES string of the molecule is C#CCOC(C(=O)NC(C)(C)CCC1CC=C(OCC)C(OC)C1)c1ccc(C)cc1. The fourth-order valence-electron chi connectivity index (χ4n) is 3.92. The summed E-state index contributed by atoms with van der Waals surface area (Å²) in [5, 5.41) is 3.17. The Morgan fingerprint density at radius 3 is 2.65 bits per heavy atom. The molecule has 2 rings (SSSR count). The lowest BCUT2D eigenvalue weighted by atomic mass is 9.84. The summed E-state index contributed by atoms with van der Waals surface area (Å²) in [6.07, 6.45) is 10.5. The number of aryl methyl sites for hydroxylation is 1. The van der Waals surface area contributed by atoms with Crippen molar-refractivity contribution >= 4 is 5.91 Å². The summed E-state index contributed by atoms with van der Waals surface area (Å²) in [4.78, 5) is 13.1. The Balaban J connectivity index is 1.97. The van der Waals surface area contributed by atoms with Gasteiger partial charge in [-0.25, -0.2) is 0 Å². The molecule has 0 aromatic heterocycles. The molecule has 1 aliphatic carbocycles. The highest BCUT2D eigenvalue weighted by atomic mass is 16.5. The Labute approximate surface area is 187 Å². The molecule has 0 saturated carbocycles. The molecule has 5 heteroatoms. The molecular formula is C26H37NO4. The first-order valence-corrected chi connectivity index (χ1v) is 11.1. The zero-order valence-corrected chi connectivity index (χ0v) is 19.6. The van der Waals surface area contributed by atoms with Crippen molar-refractivity contribution in [3.8, 4) is 12.3 Å². The second kappa shape index (κ2) is 11.9. The van der Waals surface area contributed by atoms with Gasteiger partial charge in [-0.15, -0.1) is 6.42 Å². The van der Waals surface area contributed by atoms with Gasteiger partial charge >= 0.3 is 0 Å². The van der Waals surface area contributed by atoms with E-state index in [-0.39, 0.29) is 24.2 Å². The number of amides is 1. The van der Waals surface area contributed by atoms with Crippen LogP contribution in [0.15, 0.2) is 36.1 Å². The van der Waals surface area contributed by atoms with E-state index in [2.05, 4.69) is 31.2 Å². The highest BCUT2D eigenvalue weighted by Crippen LogP contribution is 2.31. The standard InChI is InChI=1S/C26H37NO4/c1-7-17-31-24(21-12-9-19(3)10-13-21)25(28)27-26(4,5)16-15-20-11-14-22(30-8-2)23(18-20)29-6/h1,9-10,12-14,20,23-24H,8,11,15-18H2,2-6H3,(H,27,28). The van der Waals surface area contributed by atoms with Crippen LogP contribution < -0.4 is 5.32 Å². The van der Waals surface area contributed by atoms with Crippen molar-refractivity contribution in [3.63, 3.8) is 0 Å². The molecule has 1 aliphatic rings. The normalized spacial score (nSPS) is 19.8. The molecule has 0 radical (unpaired) electrons. The van der Waals surface area contributed by atoms with Crippen LogP contribution in [0.2, 0.25) is 0 Å². The predicted molar refractivity (Wildman–Crippen MR) is 123 cm³/mol. The van der Waals surface area contributed by atoms with E-state index in [1.165, 1.54) is 0 Å². The Kier molecular flexibility index (Phi) is 9.61. The Bertz CT molecular complexity index is 776. The van der Waals surface area contributed by atoms with Crippen LogP contribution >= 0.6 is 0 Å². The van der Waals surface area contributed by atoms with Crippen molar-refractivity contribution in [2.75, 3.05) is 20.3 Å². The van der Waals surface area contributed by atoms with E-state index in [0.29, 0.717) is 12.5 Å². The van der Waals surface area contributed by atoms with E-state index < -0.39 is 6.10 Å². The zero-order chi connectivity index (χ0) is 22.9. The topological polar surface area (TPSA) is 56.8 Å². The van der Waals surface area contributed by atoms with Gasteiger partial charge < -0.3 is 19.5 Å². The molecule has 31 heavy (non-hydrogen) atoms. The monoisotopic (exact) mass is 427 g/mol. The molecule has 1 amide bonds. The number of ether oxygens (including phenoxy) is 3. The number of rotatable bonds is 11. The third-order valence-electron chi connectivity index (χ3n) is 5.70. The molecule has 0 fully saturated rings. The van der Waals surface area contributed by atoms with Gasteiger partial charge in [-0.2, -0.15) is 0 Å². The van der Waals surface area contributed by atoms with Crippen LogP contribution in [-0.4, -0.2) is 37.9 Å². The van der Waals surface area contributed by atoms with Gasteiger partial charge in [0.15, 0.2) is 6.10 Å². The summed E-state index contributed by atoms with van der Waals surface area (Å²) in [6, 6.07) is 7.77. The van der Waals surface area contributed by atoms with Crippen LogP contribution in [0.4, 0.5) is 0 Å². The second-order valence-electron chi connectivity index (χ2n) is 8.82. The van der Waals surface area contributed by atoms with Crippen LogP contribution in [-0.2, 0) is 19.0 Å². The minimum absolute atomic E-state index is 0.0134. The van der Waals surface area contributed by atoms with Crippen LogP contribution in [0, 0.1) is 25.2 Å². The van der Waals surface area contributed by atoms with E-state index in [1.54, 1.807) is 7.11 Å². The molecule has 0 bridgehead atoms. The van der Waals surface area contributed by atoms with Gasteiger partial charge in [0.2, 0.25) is 0 Å². The van der Waals surface area contributed by atoms with Gasteiger partial charge in [-0.05, 0) is 70.9 Å². The molecule has 0 aliphatic heterocycles. The fraction of sp³-hybridized carbons (Fsp3) is 0.577. The number of allylic oxidation sites excluding steroid dienone is 1. The van der Waals surface area contributed by atoms with E-state index in [9.17, 15) is 4.79 Å². The second-order valence-corrected chi connectivity index (χ2v) is 8.82. The Hall–Kier alpha value is -2.29. The molecule has 1 N–H and O–H groups in total. The molecule has 0 heterocycles. The molecular weight excluding hydrogens is 390 g/mol. The average molecular weight is 428 g/mol. The maximum atomic E-state index is 13.1. The first-order chi connectivity index (χ1) is 14.8. The maximum absolute atomic E-state index is 13.1. The maximum Gasteiger partial charge on any atom is 0.254 e. The Morgan fingerprint density at radius 2 is 2.03 bits per heavy atom. The van der Waals surface area contributed by atoms with E-state index in [0.717, 1.165) is 42.6 Å². The third-order valence-corrected chi connectivity index (χ3v) is 5.70. The van der Waals surface area contributed by atoms with Crippen molar-refractivity contribution in [3.05, 3.63) is 47.2 Å². The summed E-state index contributed by atoms with van der Waals surface area (Å²) in [5.41, 5.74) is 1.56. The number of benzene rings is 1. The minimum Gasteiger partial charge on any atom is -0.496 e. The van der Waals surface area contributed by atoms with Gasteiger partial charge in [0.25, 0.3) is 5.91 Å². The Morgan fingerprint density at radius 1 is 1.32 bits per heavy atom. The lowest BCUT2D eigenvalue weighted by Crippen LogP contribution is -2.46. The van der Waals surface area contributed by atoms with Gasteiger partial charge in [0, 0.05) is 12.6 Å². The van der Waals surface area contributed by atoms with Gasteiger partial charge in [-0.3, -0.25) is 4.79 Å².